The van der Waals surface area contributed by atoms with Crippen molar-refractivity contribution in [3.8, 4) is 0 Å². The van der Waals surface area contributed by atoms with Gasteiger partial charge in [0.25, 0.3) is 0 Å². The van der Waals surface area contributed by atoms with Crippen molar-refractivity contribution in [1.29, 1.82) is 0 Å². The van der Waals surface area contributed by atoms with Crippen LogP contribution in [0.5, 0.6) is 0 Å². The lowest BCUT2D eigenvalue weighted by molar-refractivity contribution is 0.198. The van der Waals surface area contributed by atoms with Crippen LogP contribution >= 0.6 is 0 Å². The Morgan fingerprint density at radius 2 is 1.90 bits per heavy atom. The Morgan fingerprint density at radius 1 is 1.15 bits per heavy atom. The monoisotopic (exact) mass is 277 g/mol. The van der Waals surface area contributed by atoms with Crippen LogP contribution in [-0.4, -0.2) is 26.8 Å². The highest BCUT2D eigenvalue weighted by Crippen LogP contribution is 2.25. The van der Waals surface area contributed by atoms with Gasteiger partial charge in [0.15, 0.2) is 0 Å². The molecule has 0 aromatic heterocycles. The number of nitrogens with one attached hydrogen (secondary N) is 1. The highest BCUT2D eigenvalue weighted by Gasteiger charge is 2.13. The maximum absolute atomic E-state index is 5.10. The highest BCUT2D eigenvalue weighted by atomic mass is 16.5. The predicted molar refractivity (Wildman–Crippen MR) is 87.4 cm³/mol. The van der Waals surface area contributed by atoms with Gasteiger partial charge in [-0.3, -0.25) is 0 Å². The van der Waals surface area contributed by atoms with E-state index in [2.05, 4.69) is 50.4 Å². The molecule has 0 saturated heterocycles. The Morgan fingerprint density at radius 3 is 2.55 bits per heavy atom. The maximum atomic E-state index is 5.10. The summed E-state index contributed by atoms with van der Waals surface area (Å²) in [6.45, 7) is 9.60. The number of benzene rings is 1. The van der Waals surface area contributed by atoms with Crippen molar-refractivity contribution in [2.24, 2.45) is 5.92 Å². The predicted octanol–water partition coefficient (Wildman–Crippen LogP) is 4.14. The fraction of sp³-hybridized carbons (Fsp3) is 0.667. The lowest BCUT2D eigenvalue weighted by Crippen LogP contribution is -2.25. The summed E-state index contributed by atoms with van der Waals surface area (Å²) in [5, 5.41) is 3.53. The van der Waals surface area contributed by atoms with Crippen LogP contribution in [0.15, 0.2) is 24.3 Å². The molecule has 0 aliphatic rings. The maximum Gasteiger partial charge on any atom is 0.0587 e. The van der Waals surface area contributed by atoms with E-state index in [4.69, 9.17) is 4.74 Å². The molecule has 0 fully saturated rings. The van der Waals surface area contributed by atoms with E-state index in [9.17, 15) is 0 Å². The van der Waals surface area contributed by atoms with E-state index < -0.39 is 0 Å². The van der Waals surface area contributed by atoms with Crippen LogP contribution in [-0.2, 0) is 4.74 Å². The first-order valence-corrected chi connectivity index (χ1v) is 7.90. The minimum atomic E-state index is 0.617. The molecule has 0 amide bonds. The SMILES string of the molecule is COCCNCC(CCCC(C)C)c1ccccc1C. The number of aryl methyl sites for hydroxylation is 1. The van der Waals surface area contributed by atoms with Crippen LogP contribution in [0.25, 0.3) is 0 Å². The molecule has 1 aromatic carbocycles. The molecule has 1 rings (SSSR count). The van der Waals surface area contributed by atoms with Gasteiger partial charge in [-0.25, -0.2) is 0 Å². The normalized spacial score (nSPS) is 12.8. The van der Waals surface area contributed by atoms with Gasteiger partial charge in [0, 0.05) is 20.2 Å². The smallest absolute Gasteiger partial charge is 0.0587 e. The first-order chi connectivity index (χ1) is 9.65. The third-order valence-electron chi connectivity index (χ3n) is 3.84. The topological polar surface area (TPSA) is 21.3 Å². The molecule has 0 saturated carbocycles. The van der Waals surface area contributed by atoms with Crippen molar-refractivity contribution in [3.63, 3.8) is 0 Å². The Kier molecular flexibility index (Phi) is 8.56. The van der Waals surface area contributed by atoms with Crippen LogP contribution in [0.4, 0.5) is 0 Å². The van der Waals surface area contributed by atoms with Gasteiger partial charge in [-0.1, -0.05) is 51.0 Å². The van der Waals surface area contributed by atoms with Crippen molar-refractivity contribution in [2.75, 3.05) is 26.8 Å². The van der Waals surface area contributed by atoms with Gasteiger partial charge in [0.1, 0.15) is 0 Å². The molecule has 1 unspecified atom stereocenters. The van der Waals surface area contributed by atoms with E-state index in [1.54, 1.807) is 7.11 Å². The number of hydrogen-bond donors (Lipinski definition) is 1. The second-order valence-corrected chi connectivity index (χ2v) is 6.08. The summed E-state index contributed by atoms with van der Waals surface area (Å²) in [6, 6.07) is 8.79. The molecule has 0 aliphatic carbocycles. The summed E-state index contributed by atoms with van der Waals surface area (Å²) in [6.07, 6.45) is 3.89. The summed E-state index contributed by atoms with van der Waals surface area (Å²) >= 11 is 0. The van der Waals surface area contributed by atoms with Gasteiger partial charge >= 0.3 is 0 Å². The molecule has 1 aromatic rings. The zero-order valence-corrected chi connectivity index (χ0v) is 13.6. The van der Waals surface area contributed by atoms with Crippen LogP contribution in [0.2, 0.25) is 0 Å². The van der Waals surface area contributed by atoms with Crippen LogP contribution < -0.4 is 5.32 Å². The summed E-state index contributed by atoms with van der Waals surface area (Å²) < 4.78 is 5.10. The molecule has 2 nitrogen and oxygen atoms in total. The van der Waals surface area contributed by atoms with E-state index in [1.807, 2.05) is 0 Å². The first kappa shape index (κ1) is 17.2. The zero-order valence-electron chi connectivity index (χ0n) is 13.6. The lowest BCUT2D eigenvalue weighted by atomic mass is 9.89. The van der Waals surface area contributed by atoms with Crippen molar-refractivity contribution in [3.05, 3.63) is 35.4 Å². The standard InChI is InChI=1S/C18H31NO/c1-15(2)8-7-10-17(14-19-12-13-20-4)18-11-6-5-9-16(18)3/h5-6,9,11,15,17,19H,7-8,10,12-14H2,1-4H3. The van der Waals surface area contributed by atoms with E-state index in [0.29, 0.717) is 5.92 Å². The van der Waals surface area contributed by atoms with Crippen LogP contribution in [0.3, 0.4) is 0 Å². The largest absolute Gasteiger partial charge is 0.383 e. The van der Waals surface area contributed by atoms with Gasteiger partial charge in [-0.05, 0) is 36.3 Å². The Balaban J connectivity index is 2.56. The van der Waals surface area contributed by atoms with Gasteiger partial charge in [-0.15, -0.1) is 0 Å². The summed E-state index contributed by atoms with van der Waals surface area (Å²) in [5.74, 6) is 1.42. The van der Waals surface area contributed by atoms with Gasteiger partial charge in [-0.2, -0.15) is 0 Å². The minimum absolute atomic E-state index is 0.617. The lowest BCUT2D eigenvalue weighted by Gasteiger charge is -2.20. The third-order valence-corrected chi connectivity index (χ3v) is 3.84. The molecular formula is C18H31NO. The number of methoxy groups -OCH3 is 1. The molecule has 20 heavy (non-hydrogen) atoms. The second-order valence-electron chi connectivity index (χ2n) is 6.08. The number of rotatable bonds is 10. The average molecular weight is 277 g/mol. The molecular weight excluding hydrogens is 246 g/mol. The minimum Gasteiger partial charge on any atom is -0.383 e. The van der Waals surface area contributed by atoms with Crippen molar-refractivity contribution >= 4 is 0 Å². The molecule has 1 atom stereocenters. The van der Waals surface area contributed by atoms with Crippen molar-refractivity contribution < 1.29 is 4.74 Å². The quantitative estimate of drug-likeness (QED) is 0.649. The van der Waals surface area contributed by atoms with Crippen molar-refractivity contribution in [1.82, 2.24) is 5.32 Å². The van der Waals surface area contributed by atoms with E-state index >= 15 is 0 Å². The highest BCUT2D eigenvalue weighted by molar-refractivity contribution is 5.29. The summed E-state index contributed by atoms with van der Waals surface area (Å²) in [5.41, 5.74) is 2.91. The van der Waals surface area contributed by atoms with E-state index in [-0.39, 0.29) is 0 Å². The molecule has 0 aliphatic heterocycles. The second kappa shape index (κ2) is 9.95. The van der Waals surface area contributed by atoms with E-state index in [1.165, 1.54) is 30.4 Å². The zero-order chi connectivity index (χ0) is 14.8. The fourth-order valence-electron chi connectivity index (χ4n) is 2.64. The summed E-state index contributed by atoms with van der Waals surface area (Å²) in [7, 11) is 1.75. The van der Waals surface area contributed by atoms with Crippen molar-refractivity contribution in [2.45, 2.75) is 46.0 Å². The molecule has 0 bridgehead atoms. The average Bonchev–Trinajstić information content (AvgIpc) is 2.42. The molecule has 0 spiro atoms. The Bertz CT molecular complexity index is 362. The third kappa shape index (κ3) is 6.53. The van der Waals surface area contributed by atoms with Crippen LogP contribution in [0.1, 0.15) is 50.2 Å². The molecule has 2 heteroatoms. The van der Waals surface area contributed by atoms with E-state index in [0.717, 1.165) is 25.6 Å². The Hall–Kier alpha value is -0.860. The van der Waals surface area contributed by atoms with Gasteiger partial charge in [0.2, 0.25) is 0 Å². The number of hydrogen-bond acceptors (Lipinski definition) is 2. The number of ether oxygens (including phenoxy) is 1. The van der Waals surface area contributed by atoms with Crippen LogP contribution in [0, 0.1) is 12.8 Å². The fourth-order valence-corrected chi connectivity index (χ4v) is 2.64. The molecule has 0 radical (unpaired) electrons. The summed E-state index contributed by atoms with van der Waals surface area (Å²) in [4.78, 5) is 0. The molecule has 1 N–H and O–H groups in total. The van der Waals surface area contributed by atoms with Gasteiger partial charge < -0.3 is 10.1 Å². The molecule has 0 heterocycles. The molecule has 114 valence electrons. The Labute approximate surface area is 124 Å². The van der Waals surface area contributed by atoms with Gasteiger partial charge in [0.05, 0.1) is 6.61 Å². The first-order valence-electron chi connectivity index (χ1n) is 7.90.